The maximum Gasteiger partial charge on any atom is 0.224 e. The van der Waals surface area contributed by atoms with E-state index < -0.39 is 0 Å². The van der Waals surface area contributed by atoms with Crippen molar-refractivity contribution in [2.24, 2.45) is 11.3 Å². The molecule has 3 rings (SSSR count). The second kappa shape index (κ2) is 6.27. The van der Waals surface area contributed by atoms with Gasteiger partial charge in [-0.25, -0.2) is 0 Å². The molecule has 0 heterocycles. The van der Waals surface area contributed by atoms with Crippen LogP contribution in [0.1, 0.15) is 57.1 Å². The third-order valence-electron chi connectivity index (χ3n) is 5.77. The van der Waals surface area contributed by atoms with E-state index in [1.54, 1.807) is 0 Å². The number of aliphatic hydroxyl groups excluding tert-OH is 1. The van der Waals surface area contributed by atoms with Gasteiger partial charge >= 0.3 is 0 Å². The number of hydrogen-bond donors (Lipinski definition) is 2. The van der Waals surface area contributed by atoms with Crippen molar-refractivity contribution in [3.8, 4) is 0 Å². The molecule has 0 radical (unpaired) electrons. The smallest absolute Gasteiger partial charge is 0.224 e. The lowest BCUT2D eigenvalue weighted by molar-refractivity contribution is -0.122. The predicted octanol–water partition coefficient (Wildman–Crippen LogP) is 3.20. The highest BCUT2D eigenvalue weighted by Gasteiger charge is 2.59. The maximum absolute atomic E-state index is 12.5. The Hall–Kier alpha value is -1.35. The van der Waals surface area contributed by atoms with Crippen LogP contribution in [0.2, 0.25) is 0 Å². The van der Waals surface area contributed by atoms with Crippen LogP contribution in [0.5, 0.6) is 0 Å². The Morgan fingerprint density at radius 3 is 2.96 bits per heavy atom. The van der Waals surface area contributed by atoms with E-state index in [2.05, 4.69) is 43.4 Å². The second-order valence-electron chi connectivity index (χ2n) is 8.14. The van der Waals surface area contributed by atoms with Gasteiger partial charge in [-0.05, 0) is 55.1 Å². The van der Waals surface area contributed by atoms with Crippen molar-refractivity contribution < 1.29 is 9.90 Å². The summed E-state index contributed by atoms with van der Waals surface area (Å²) in [5.74, 6) is 0.387. The fraction of sp³-hybridized carbons (Fsp3) is 0.650. The summed E-state index contributed by atoms with van der Waals surface area (Å²) >= 11 is 0. The van der Waals surface area contributed by atoms with Gasteiger partial charge in [0.1, 0.15) is 0 Å². The van der Waals surface area contributed by atoms with E-state index in [4.69, 9.17) is 0 Å². The summed E-state index contributed by atoms with van der Waals surface area (Å²) < 4.78 is 0. The molecule has 2 aliphatic carbocycles. The Morgan fingerprint density at radius 2 is 2.17 bits per heavy atom. The summed E-state index contributed by atoms with van der Waals surface area (Å²) in [6.07, 6.45) is 6.38. The zero-order chi connectivity index (χ0) is 16.5. The van der Waals surface area contributed by atoms with Crippen molar-refractivity contribution in [1.82, 2.24) is 5.32 Å². The Bertz CT molecular complexity index is 581. The van der Waals surface area contributed by atoms with Gasteiger partial charge in [0.25, 0.3) is 0 Å². The van der Waals surface area contributed by atoms with Crippen molar-refractivity contribution in [2.45, 2.75) is 57.8 Å². The zero-order valence-electron chi connectivity index (χ0n) is 14.4. The summed E-state index contributed by atoms with van der Waals surface area (Å²) in [7, 11) is 0. The van der Waals surface area contributed by atoms with Gasteiger partial charge in [-0.1, -0.05) is 38.1 Å². The fourth-order valence-corrected chi connectivity index (χ4v) is 4.16. The minimum atomic E-state index is -0.0478. The molecule has 1 aromatic carbocycles. The van der Waals surface area contributed by atoms with E-state index in [9.17, 15) is 9.90 Å². The van der Waals surface area contributed by atoms with Gasteiger partial charge in [0, 0.05) is 24.5 Å². The van der Waals surface area contributed by atoms with Gasteiger partial charge in [0.2, 0.25) is 5.91 Å². The predicted molar refractivity (Wildman–Crippen MR) is 92.3 cm³/mol. The van der Waals surface area contributed by atoms with Crippen LogP contribution in [-0.4, -0.2) is 24.2 Å². The molecule has 1 saturated carbocycles. The molecule has 126 valence electrons. The van der Waals surface area contributed by atoms with E-state index in [1.807, 2.05) is 0 Å². The van der Waals surface area contributed by atoms with Crippen LogP contribution in [0.4, 0.5) is 0 Å². The largest absolute Gasteiger partial charge is 0.396 e. The normalized spacial score (nSPS) is 26.0. The first-order chi connectivity index (χ1) is 11.0. The number of hydrogen-bond acceptors (Lipinski definition) is 2. The first kappa shape index (κ1) is 16.5. The lowest BCUT2D eigenvalue weighted by Gasteiger charge is -2.26. The average molecular weight is 315 g/mol. The molecule has 3 heteroatoms. The Kier molecular flexibility index (Phi) is 4.50. The third kappa shape index (κ3) is 3.30. The van der Waals surface area contributed by atoms with E-state index in [0.29, 0.717) is 0 Å². The van der Waals surface area contributed by atoms with Crippen LogP contribution in [0, 0.1) is 11.3 Å². The molecule has 2 N–H and O–H groups in total. The van der Waals surface area contributed by atoms with Crippen LogP contribution in [0.15, 0.2) is 24.3 Å². The summed E-state index contributed by atoms with van der Waals surface area (Å²) in [4.78, 5) is 12.5. The number of aryl methyl sites for hydroxylation is 1. The molecule has 2 unspecified atom stereocenters. The lowest BCUT2D eigenvalue weighted by atomic mass is 9.78. The SMILES string of the molecule is CC(C)(CO)CCCNC(=O)C1CC12CCCc1ccccc12. The molecule has 23 heavy (non-hydrogen) atoms. The number of nitrogens with one attached hydrogen (secondary N) is 1. The molecule has 0 saturated heterocycles. The summed E-state index contributed by atoms with van der Waals surface area (Å²) in [6.45, 7) is 5.04. The number of carbonyl (C=O) groups excluding carboxylic acids is 1. The van der Waals surface area contributed by atoms with Crippen LogP contribution >= 0.6 is 0 Å². The van der Waals surface area contributed by atoms with Gasteiger partial charge in [-0.2, -0.15) is 0 Å². The number of fused-ring (bicyclic) bond motifs is 2. The van der Waals surface area contributed by atoms with E-state index in [0.717, 1.165) is 38.6 Å². The molecule has 2 aliphatic rings. The molecule has 1 aromatic rings. The van der Waals surface area contributed by atoms with E-state index in [-0.39, 0.29) is 29.3 Å². The second-order valence-corrected chi connectivity index (χ2v) is 8.14. The summed E-state index contributed by atoms with van der Waals surface area (Å²) in [5, 5.41) is 12.4. The number of carbonyl (C=O) groups is 1. The molecule has 1 amide bonds. The molecular formula is C20H29NO2. The van der Waals surface area contributed by atoms with Crippen molar-refractivity contribution >= 4 is 5.91 Å². The van der Waals surface area contributed by atoms with E-state index >= 15 is 0 Å². The Labute approximate surface area is 139 Å². The number of benzene rings is 1. The van der Waals surface area contributed by atoms with Crippen molar-refractivity contribution in [3.05, 3.63) is 35.4 Å². The quantitative estimate of drug-likeness (QED) is 0.792. The molecule has 3 nitrogen and oxygen atoms in total. The Balaban J connectivity index is 1.54. The summed E-state index contributed by atoms with van der Waals surface area (Å²) in [5.41, 5.74) is 2.95. The molecule has 1 fully saturated rings. The number of aliphatic hydroxyl groups is 1. The van der Waals surface area contributed by atoms with Crippen LogP contribution < -0.4 is 5.32 Å². The molecule has 0 aromatic heterocycles. The van der Waals surface area contributed by atoms with E-state index in [1.165, 1.54) is 17.5 Å². The van der Waals surface area contributed by atoms with Gasteiger partial charge in [0.05, 0.1) is 0 Å². The Morgan fingerprint density at radius 1 is 1.39 bits per heavy atom. The van der Waals surface area contributed by atoms with Crippen LogP contribution in [0.25, 0.3) is 0 Å². The monoisotopic (exact) mass is 315 g/mol. The fourth-order valence-electron chi connectivity index (χ4n) is 4.16. The summed E-state index contributed by atoms with van der Waals surface area (Å²) in [6, 6.07) is 8.67. The first-order valence-corrected chi connectivity index (χ1v) is 8.95. The average Bonchev–Trinajstić information content (AvgIpc) is 3.27. The molecule has 1 spiro atoms. The van der Waals surface area contributed by atoms with Crippen LogP contribution in [0.3, 0.4) is 0 Å². The standard InChI is InChI=1S/C20H29NO2/c1-19(2,14-22)10-6-12-21-18(23)17-13-20(17)11-5-8-15-7-3-4-9-16(15)20/h3-4,7,9,17,22H,5-6,8,10-14H2,1-2H3,(H,21,23). The molecule has 0 aliphatic heterocycles. The van der Waals surface area contributed by atoms with Gasteiger partial charge in [-0.15, -0.1) is 0 Å². The van der Waals surface area contributed by atoms with Gasteiger partial charge in [-0.3, -0.25) is 4.79 Å². The topological polar surface area (TPSA) is 49.3 Å². The number of rotatable bonds is 6. The number of amides is 1. The highest BCUT2D eigenvalue weighted by molar-refractivity contribution is 5.84. The maximum atomic E-state index is 12.5. The first-order valence-electron chi connectivity index (χ1n) is 8.95. The van der Waals surface area contributed by atoms with Crippen molar-refractivity contribution in [2.75, 3.05) is 13.2 Å². The molecule has 0 bridgehead atoms. The van der Waals surface area contributed by atoms with Crippen molar-refractivity contribution in [1.29, 1.82) is 0 Å². The van der Waals surface area contributed by atoms with Crippen molar-refractivity contribution in [3.63, 3.8) is 0 Å². The highest BCUT2D eigenvalue weighted by Crippen LogP contribution is 2.60. The highest BCUT2D eigenvalue weighted by atomic mass is 16.3. The lowest BCUT2D eigenvalue weighted by Crippen LogP contribution is -2.31. The molecule has 2 atom stereocenters. The molecular weight excluding hydrogens is 286 g/mol. The zero-order valence-corrected chi connectivity index (χ0v) is 14.4. The minimum Gasteiger partial charge on any atom is -0.396 e. The van der Waals surface area contributed by atoms with Crippen LogP contribution in [-0.2, 0) is 16.6 Å². The van der Waals surface area contributed by atoms with Gasteiger partial charge < -0.3 is 10.4 Å². The third-order valence-corrected chi connectivity index (χ3v) is 5.77. The minimum absolute atomic E-state index is 0.0478. The van der Waals surface area contributed by atoms with Gasteiger partial charge in [0.15, 0.2) is 0 Å².